The normalized spacial score (nSPS) is 15.2. The van der Waals surface area contributed by atoms with Gasteiger partial charge >= 0.3 is 0 Å². The van der Waals surface area contributed by atoms with E-state index in [-0.39, 0.29) is 23.8 Å². The Morgan fingerprint density at radius 1 is 0.944 bits per heavy atom. The predicted molar refractivity (Wildman–Crippen MR) is 144 cm³/mol. The van der Waals surface area contributed by atoms with Crippen LogP contribution in [-0.2, 0) is 11.3 Å². The molecule has 1 N–H and O–H groups in total. The van der Waals surface area contributed by atoms with Crippen LogP contribution in [-0.4, -0.2) is 45.6 Å². The molecule has 4 rings (SSSR count). The number of nitrogens with one attached hydrogen (secondary N) is 1. The number of carbonyl (C=O) groups is 2. The molecular weight excluding hydrogens is 448 g/mol. The number of hydrogen-bond acceptors (Lipinski definition) is 3. The molecule has 6 heteroatoms. The topological polar surface area (TPSA) is 67.2 Å². The van der Waals surface area contributed by atoms with Crippen LogP contribution in [0.5, 0.6) is 0 Å². The molecule has 0 aliphatic carbocycles. The SMILES string of the molecule is Cc1ccc(Cn2cc(C(=O)N3CCC(C(=O)NC(C)C(C)C)CC3)c(-c3ccc(C)cc3)n2)cc1. The summed E-state index contributed by atoms with van der Waals surface area (Å²) in [6.07, 6.45) is 3.24. The molecule has 1 aliphatic rings. The second-order valence-corrected chi connectivity index (χ2v) is 10.5. The Morgan fingerprint density at radius 3 is 2.11 bits per heavy atom. The van der Waals surface area contributed by atoms with Gasteiger partial charge in [0, 0.05) is 36.8 Å². The zero-order chi connectivity index (χ0) is 25.8. The number of likely N-dealkylation sites (tertiary alicyclic amines) is 1. The Labute approximate surface area is 214 Å². The smallest absolute Gasteiger partial charge is 0.257 e. The lowest BCUT2D eigenvalue weighted by Crippen LogP contribution is -2.45. The van der Waals surface area contributed by atoms with Crippen LogP contribution in [0.4, 0.5) is 0 Å². The first-order valence-corrected chi connectivity index (χ1v) is 13.0. The summed E-state index contributed by atoms with van der Waals surface area (Å²) < 4.78 is 1.86. The Morgan fingerprint density at radius 2 is 1.53 bits per heavy atom. The van der Waals surface area contributed by atoms with E-state index in [9.17, 15) is 9.59 Å². The van der Waals surface area contributed by atoms with Gasteiger partial charge in [-0.15, -0.1) is 0 Å². The van der Waals surface area contributed by atoms with Gasteiger partial charge < -0.3 is 10.2 Å². The van der Waals surface area contributed by atoms with E-state index in [1.807, 2.05) is 53.9 Å². The summed E-state index contributed by atoms with van der Waals surface area (Å²) in [5.74, 6) is 0.438. The molecule has 0 radical (unpaired) electrons. The van der Waals surface area contributed by atoms with Crippen LogP contribution in [0.1, 0.15) is 60.7 Å². The number of hydrogen-bond donors (Lipinski definition) is 1. The van der Waals surface area contributed by atoms with Gasteiger partial charge in [0.1, 0.15) is 5.69 Å². The molecule has 2 aromatic carbocycles. The van der Waals surface area contributed by atoms with Gasteiger partial charge in [-0.3, -0.25) is 14.3 Å². The third-order valence-corrected chi connectivity index (χ3v) is 7.31. The van der Waals surface area contributed by atoms with E-state index in [2.05, 4.69) is 50.4 Å². The van der Waals surface area contributed by atoms with Gasteiger partial charge in [-0.1, -0.05) is 73.5 Å². The second kappa shape index (κ2) is 11.1. The number of piperidine rings is 1. The summed E-state index contributed by atoms with van der Waals surface area (Å²) in [5.41, 5.74) is 5.77. The monoisotopic (exact) mass is 486 g/mol. The third kappa shape index (κ3) is 6.04. The van der Waals surface area contributed by atoms with Crippen LogP contribution >= 0.6 is 0 Å². The van der Waals surface area contributed by atoms with E-state index in [4.69, 9.17) is 5.10 Å². The zero-order valence-corrected chi connectivity index (χ0v) is 22.1. The molecule has 1 aliphatic heterocycles. The molecule has 3 aromatic rings. The maximum atomic E-state index is 13.7. The zero-order valence-electron chi connectivity index (χ0n) is 22.1. The number of carbonyl (C=O) groups excluding carboxylic acids is 2. The van der Waals surface area contributed by atoms with E-state index in [0.717, 1.165) is 16.7 Å². The summed E-state index contributed by atoms with van der Waals surface area (Å²) in [7, 11) is 0. The van der Waals surface area contributed by atoms with Crippen LogP contribution < -0.4 is 5.32 Å². The fourth-order valence-corrected chi connectivity index (χ4v) is 4.49. The predicted octanol–water partition coefficient (Wildman–Crippen LogP) is 5.23. The van der Waals surface area contributed by atoms with Crippen molar-refractivity contribution in [2.75, 3.05) is 13.1 Å². The molecule has 0 spiro atoms. The summed E-state index contributed by atoms with van der Waals surface area (Å²) in [6.45, 7) is 12.1. The largest absolute Gasteiger partial charge is 0.353 e. The van der Waals surface area contributed by atoms with E-state index >= 15 is 0 Å². The average Bonchev–Trinajstić information content (AvgIpc) is 3.29. The van der Waals surface area contributed by atoms with Crippen LogP contribution in [0.2, 0.25) is 0 Å². The molecule has 1 saturated heterocycles. The number of aromatic nitrogens is 2. The lowest BCUT2D eigenvalue weighted by atomic mass is 9.94. The minimum Gasteiger partial charge on any atom is -0.353 e. The number of benzene rings is 2. The van der Waals surface area contributed by atoms with E-state index in [1.54, 1.807) is 0 Å². The highest BCUT2D eigenvalue weighted by atomic mass is 16.2. The first kappa shape index (κ1) is 25.7. The highest BCUT2D eigenvalue weighted by Gasteiger charge is 2.30. The number of aryl methyl sites for hydroxylation is 2. The molecule has 190 valence electrons. The standard InChI is InChI=1S/C30H38N4O2/c1-20(2)23(5)31-29(35)26-14-16-33(17-15-26)30(36)27-19-34(18-24-10-6-21(3)7-11-24)32-28(27)25-12-8-22(4)9-13-25/h6-13,19-20,23,26H,14-18H2,1-5H3,(H,31,35). The van der Waals surface area contributed by atoms with Crippen molar-refractivity contribution in [2.45, 2.75) is 60.0 Å². The van der Waals surface area contributed by atoms with Gasteiger partial charge in [-0.25, -0.2) is 0 Å². The Hall–Kier alpha value is -3.41. The van der Waals surface area contributed by atoms with Crippen molar-refractivity contribution in [3.8, 4) is 11.3 Å². The van der Waals surface area contributed by atoms with Crippen LogP contribution in [0.15, 0.2) is 54.7 Å². The molecule has 2 heterocycles. The van der Waals surface area contributed by atoms with E-state index in [1.165, 1.54) is 5.56 Å². The lowest BCUT2D eigenvalue weighted by Gasteiger charge is -2.32. The molecule has 1 fully saturated rings. The molecule has 0 bridgehead atoms. The summed E-state index contributed by atoms with van der Waals surface area (Å²) in [5, 5.41) is 7.98. The van der Waals surface area contributed by atoms with Crippen molar-refractivity contribution in [2.24, 2.45) is 11.8 Å². The quantitative estimate of drug-likeness (QED) is 0.497. The van der Waals surface area contributed by atoms with Crippen LogP contribution in [0.25, 0.3) is 11.3 Å². The number of amides is 2. The Bertz CT molecular complexity index is 1190. The molecule has 1 atom stereocenters. The van der Waals surface area contributed by atoms with Crippen molar-refractivity contribution in [3.05, 3.63) is 77.0 Å². The van der Waals surface area contributed by atoms with Crippen LogP contribution in [0.3, 0.4) is 0 Å². The van der Waals surface area contributed by atoms with Crippen molar-refractivity contribution < 1.29 is 9.59 Å². The highest BCUT2D eigenvalue weighted by molar-refractivity contribution is 6.00. The van der Waals surface area contributed by atoms with Crippen molar-refractivity contribution >= 4 is 11.8 Å². The molecule has 2 amide bonds. The van der Waals surface area contributed by atoms with Crippen molar-refractivity contribution in [1.82, 2.24) is 20.0 Å². The average molecular weight is 487 g/mol. The Balaban J connectivity index is 1.52. The summed E-state index contributed by atoms with van der Waals surface area (Å²) in [4.78, 5) is 28.3. The molecule has 36 heavy (non-hydrogen) atoms. The fourth-order valence-electron chi connectivity index (χ4n) is 4.49. The maximum Gasteiger partial charge on any atom is 0.257 e. The highest BCUT2D eigenvalue weighted by Crippen LogP contribution is 2.27. The summed E-state index contributed by atoms with van der Waals surface area (Å²) in [6, 6.07) is 16.7. The first-order chi connectivity index (χ1) is 17.2. The maximum absolute atomic E-state index is 13.7. The number of nitrogens with zero attached hydrogens (tertiary/aromatic N) is 3. The molecule has 0 saturated carbocycles. The number of rotatable bonds is 7. The van der Waals surface area contributed by atoms with Gasteiger partial charge in [0.05, 0.1) is 12.1 Å². The first-order valence-electron chi connectivity index (χ1n) is 13.0. The summed E-state index contributed by atoms with van der Waals surface area (Å²) >= 11 is 0. The van der Waals surface area contributed by atoms with Crippen molar-refractivity contribution in [1.29, 1.82) is 0 Å². The van der Waals surface area contributed by atoms with Gasteiger partial charge in [0.25, 0.3) is 5.91 Å². The van der Waals surface area contributed by atoms with Crippen molar-refractivity contribution in [3.63, 3.8) is 0 Å². The van der Waals surface area contributed by atoms with E-state index < -0.39 is 0 Å². The van der Waals surface area contributed by atoms with Gasteiger partial charge in [-0.05, 0) is 45.1 Å². The van der Waals surface area contributed by atoms with Gasteiger partial charge in [0.2, 0.25) is 5.91 Å². The molecule has 1 aromatic heterocycles. The molecular formula is C30H38N4O2. The Kier molecular flexibility index (Phi) is 7.92. The van der Waals surface area contributed by atoms with Gasteiger partial charge in [-0.2, -0.15) is 5.10 Å². The minimum atomic E-state index is -0.0453. The second-order valence-electron chi connectivity index (χ2n) is 10.5. The fraction of sp³-hybridized carbons (Fsp3) is 0.433. The third-order valence-electron chi connectivity index (χ3n) is 7.31. The lowest BCUT2D eigenvalue weighted by molar-refractivity contribution is -0.127. The molecule has 6 nitrogen and oxygen atoms in total. The van der Waals surface area contributed by atoms with Crippen LogP contribution in [0, 0.1) is 25.7 Å². The minimum absolute atomic E-state index is 0.0184. The molecule has 1 unspecified atom stereocenters. The van der Waals surface area contributed by atoms with E-state index in [0.29, 0.717) is 49.7 Å². The van der Waals surface area contributed by atoms with Gasteiger partial charge in [0.15, 0.2) is 0 Å².